The Balaban J connectivity index is 2.05. The van der Waals surface area contributed by atoms with E-state index in [4.69, 9.17) is 15.7 Å². The average molecular weight is 489 g/mol. The molecule has 0 heterocycles. The first-order chi connectivity index (χ1) is 16.8. The lowest BCUT2D eigenvalue weighted by Crippen LogP contribution is -2.61. The largest absolute Gasteiger partial charge is 0.480 e. The van der Waals surface area contributed by atoms with Crippen LogP contribution in [-0.4, -0.2) is 44.0 Å². The fraction of sp³-hybridized carbons (Fsp3) is 0.222. The van der Waals surface area contributed by atoms with Crippen LogP contribution in [0.2, 0.25) is 0 Å². The van der Waals surface area contributed by atoms with Crippen LogP contribution in [0.1, 0.15) is 34.7 Å². The molecule has 0 aliphatic carbocycles. The zero-order valence-electron chi connectivity index (χ0n) is 19.8. The van der Waals surface area contributed by atoms with Gasteiger partial charge in [0, 0.05) is 0 Å². The Labute approximate surface area is 210 Å². The zero-order chi connectivity index (χ0) is 26.7. The Morgan fingerprint density at radius 1 is 0.972 bits per heavy atom. The Bertz CT molecular complexity index is 1280. The minimum atomic E-state index is -4.65. The van der Waals surface area contributed by atoms with Gasteiger partial charge in [0.05, 0.1) is 27.9 Å². The molecule has 3 aromatic carbocycles. The molecule has 0 aliphatic heterocycles. The summed E-state index contributed by atoms with van der Waals surface area (Å²) in [5, 5.41) is 19.3. The van der Waals surface area contributed by atoms with Gasteiger partial charge >= 0.3 is 12.1 Å². The van der Waals surface area contributed by atoms with Gasteiger partial charge in [-0.15, -0.1) is 0 Å². The number of carboxylic acid groups (broad SMARTS) is 1. The molecule has 36 heavy (non-hydrogen) atoms. The van der Waals surface area contributed by atoms with Crippen LogP contribution in [-0.2, 0) is 16.3 Å². The lowest BCUT2D eigenvalue weighted by Gasteiger charge is -2.37. The molecule has 0 aromatic heterocycles. The van der Waals surface area contributed by atoms with Crippen molar-refractivity contribution in [3.63, 3.8) is 0 Å². The average Bonchev–Trinajstić information content (AvgIpc) is 2.82. The number of benzene rings is 3. The molecule has 3 aromatic rings. The van der Waals surface area contributed by atoms with Crippen molar-refractivity contribution >= 4 is 33.8 Å². The van der Waals surface area contributed by atoms with Crippen LogP contribution in [0.15, 0.2) is 66.7 Å². The number of rotatable bonds is 8. The summed E-state index contributed by atoms with van der Waals surface area (Å²) in [5.74, 6) is -1.42. The molecule has 182 valence electrons. The van der Waals surface area contributed by atoms with Crippen LogP contribution in [0.4, 0.5) is 13.2 Å². The fourth-order valence-electron chi connectivity index (χ4n) is 3.85. The highest BCUT2D eigenvalue weighted by molar-refractivity contribution is 6.40. The Morgan fingerprint density at radius 3 is 2.19 bits per heavy atom. The summed E-state index contributed by atoms with van der Waals surface area (Å²) < 4.78 is 41.3. The minimum absolute atomic E-state index is 0.00540. The molecule has 3 rings (SSSR count). The fourth-order valence-corrected chi connectivity index (χ4v) is 3.85. The lowest BCUT2D eigenvalue weighted by atomic mass is 9.57. The van der Waals surface area contributed by atoms with Crippen molar-refractivity contribution in [1.29, 1.82) is 0 Å². The summed E-state index contributed by atoms with van der Waals surface area (Å²) in [6.45, 7) is 2.21. The third-order valence-electron chi connectivity index (χ3n) is 6.01. The molecule has 3 N–H and O–H groups in total. The van der Waals surface area contributed by atoms with Gasteiger partial charge in [0.25, 0.3) is 0 Å². The summed E-state index contributed by atoms with van der Waals surface area (Å²) in [7, 11) is 12.1. The van der Waals surface area contributed by atoms with Gasteiger partial charge in [0.1, 0.15) is 5.54 Å². The number of hydrogen-bond donors (Lipinski definition) is 3. The molecule has 4 nitrogen and oxygen atoms in total. The first-order valence-electron chi connectivity index (χ1n) is 11.0. The smallest absolute Gasteiger partial charge is 0.416 e. The molecule has 1 atom stereocenters. The normalized spacial score (nSPS) is 14.1. The molecular weight excluding hydrogens is 465 g/mol. The van der Waals surface area contributed by atoms with Gasteiger partial charge in [-0.1, -0.05) is 72.8 Å². The highest BCUT2D eigenvalue weighted by Crippen LogP contribution is 2.35. The second kappa shape index (κ2) is 10.4. The SMILES string of the molecule is [B]C([B])(N[C@@](C)(CO)C(=O)O)c1ccc(C(F)(F)F)c(/C=C/c2cccc(-c3ccccc3)c2C)c1. The van der Waals surface area contributed by atoms with Crippen molar-refractivity contribution < 1.29 is 28.2 Å². The number of aliphatic hydroxyl groups excluding tert-OH is 1. The van der Waals surface area contributed by atoms with Crippen LogP contribution in [0, 0.1) is 6.92 Å². The van der Waals surface area contributed by atoms with E-state index >= 15 is 0 Å². The van der Waals surface area contributed by atoms with E-state index in [1.807, 2.05) is 49.4 Å². The topological polar surface area (TPSA) is 69.6 Å². The highest BCUT2D eigenvalue weighted by Gasteiger charge is 2.39. The number of alkyl halides is 3. The number of carbonyl (C=O) groups is 1. The van der Waals surface area contributed by atoms with E-state index in [2.05, 4.69) is 5.32 Å². The molecule has 4 radical (unpaired) electrons. The van der Waals surface area contributed by atoms with Gasteiger partial charge in [0.2, 0.25) is 0 Å². The molecular formula is C27H24B2F3NO3. The summed E-state index contributed by atoms with van der Waals surface area (Å²) in [6.07, 6.45) is -1.76. The van der Waals surface area contributed by atoms with Crippen LogP contribution < -0.4 is 5.32 Å². The van der Waals surface area contributed by atoms with Gasteiger partial charge < -0.3 is 15.5 Å². The van der Waals surface area contributed by atoms with Crippen molar-refractivity contribution in [2.45, 2.75) is 30.9 Å². The first-order valence-corrected chi connectivity index (χ1v) is 11.0. The third-order valence-corrected chi connectivity index (χ3v) is 6.01. The number of carboxylic acids is 1. The molecule has 0 fully saturated rings. The number of hydrogen-bond acceptors (Lipinski definition) is 3. The van der Waals surface area contributed by atoms with E-state index in [0.717, 1.165) is 47.4 Å². The standard InChI is InChI=1S/C27H24B2F3NO3/c1-17-18(9-6-10-22(17)19-7-4-3-5-8-19)11-12-20-15-21(13-14-23(20)27(30,31)32)26(28,29)33-25(2,16-34)24(35)36/h3-15,33-34H,16H2,1-2H3,(H,35,36)/b12-11+/t25-/m0/s1. The Morgan fingerprint density at radius 2 is 1.61 bits per heavy atom. The van der Waals surface area contributed by atoms with E-state index in [1.54, 1.807) is 12.1 Å². The second-order valence-electron chi connectivity index (χ2n) is 8.81. The van der Waals surface area contributed by atoms with Crippen molar-refractivity contribution in [2.24, 2.45) is 0 Å². The third kappa shape index (κ3) is 5.91. The number of nitrogens with one attached hydrogen (secondary N) is 1. The van der Waals surface area contributed by atoms with E-state index in [0.29, 0.717) is 0 Å². The molecule has 0 amide bonds. The van der Waals surface area contributed by atoms with Crippen molar-refractivity contribution in [3.8, 4) is 11.1 Å². The predicted octanol–water partition coefficient (Wildman–Crippen LogP) is 4.72. The van der Waals surface area contributed by atoms with Crippen LogP contribution >= 0.6 is 0 Å². The van der Waals surface area contributed by atoms with E-state index < -0.39 is 35.2 Å². The van der Waals surface area contributed by atoms with Gasteiger partial charge in [0.15, 0.2) is 0 Å². The summed E-state index contributed by atoms with van der Waals surface area (Å²) in [4.78, 5) is 11.5. The van der Waals surface area contributed by atoms with Gasteiger partial charge in [-0.05, 0) is 58.6 Å². The van der Waals surface area contributed by atoms with E-state index in [-0.39, 0.29) is 11.1 Å². The van der Waals surface area contributed by atoms with Crippen molar-refractivity contribution in [2.75, 3.05) is 6.61 Å². The van der Waals surface area contributed by atoms with Gasteiger partial charge in [-0.3, -0.25) is 4.79 Å². The Kier molecular flexibility index (Phi) is 7.86. The predicted molar refractivity (Wildman–Crippen MR) is 136 cm³/mol. The first kappa shape index (κ1) is 27.3. The second-order valence-corrected chi connectivity index (χ2v) is 8.81. The maximum atomic E-state index is 13.8. The zero-order valence-corrected chi connectivity index (χ0v) is 19.8. The molecule has 0 spiro atoms. The van der Waals surface area contributed by atoms with Crippen LogP contribution in [0.25, 0.3) is 23.3 Å². The van der Waals surface area contributed by atoms with Crippen molar-refractivity contribution in [1.82, 2.24) is 5.32 Å². The van der Waals surface area contributed by atoms with Gasteiger partial charge in [-0.25, -0.2) is 0 Å². The maximum absolute atomic E-state index is 13.8. The molecule has 0 unspecified atom stereocenters. The van der Waals surface area contributed by atoms with E-state index in [9.17, 15) is 28.2 Å². The molecule has 0 saturated heterocycles. The monoisotopic (exact) mass is 489 g/mol. The molecule has 0 saturated carbocycles. The summed E-state index contributed by atoms with van der Waals surface area (Å²) in [5.41, 5.74) is 0.521. The number of aliphatic hydroxyl groups is 1. The minimum Gasteiger partial charge on any atom is -0.480 e. The quantitative estimate of drug-likeness (QED) is 0.317. The highest BCUT2D eigenvalue weighted by atomic mass is 19.4. The van der Waals surface area contributed by atoms with Crippen LogP contribution in [0.5, 0.6) is 0 Å². The van der Waals surface area contributed by atoms with Crippen LogP contribution in [0.3, 0.4) is 0 Å². The molecule has 0 aliphatic rings. The van der Waals surface area contributed by atoms with Crippen molar-refractivity contribution in [3.05, 3.63) is 94.5 Å². The molecule has 9 heteroatoms. The molecule has 0 bridgehead atoms. The number of aliphatic carboxylic acids is 1. The summed E-state index contributed by atoms with van der Waals surface area (Å²) in [6, 6.07) is 18.3. The number of halogens is 3. The lowest BCUT2D eigenvalue weighted by molar-refractivity contribution is -0.146. The van der Waals surface area contributed by atoms with E-state index in [1.165, 1.54) is 6.08 Å². The Hall–Kier alpha value is -3.29. The summed E-state index contributed by atoms with van der Waals surface area (Å²) >= 11 is 0. The maximum Gasteiger partial charge on any atom is 0.416 e. The van der Waals surface area contributed by atoms with Gasteiger partial charge in [-0.2, -0.15) is 13.2 Å².